The zero-order valence-corrected chi connectivity index (χ0v) is 28.9. The molecule has 35 heavy (non-hydrogen) atoms. The van der Waals surface area contributed by atoms with E-state index in [1.54, 1.807) is 11.8 Å². The minimum Gasteiger partial charge on any atom is -0.396 e. The van der Waals surface area contributed by atoms with Crippen molar-refractivity contribution in [1.29, 1.82) is 0 Å². The molecule has 0 radical (unpaired) electrons. The van der Waals surface area contributed by atoms with E-state index < -0.39 is 21.6 Å². The van der Waals surface area contributed by atoms with Crippen LogP contribution in [-0.2, 0) is 26.4 Å². The number of thioether (sulfide) groups is 8. The Bertz CT molecular complexity index is 528. The SMILES string of the molecule is CCCS(=O)CCSCSCSCCSC(=O)CCSCSCSCCCS(=O)CCSCCO. The second kappa shape index (κ2) is 31.3. The lowest BCUT2D eigenvalue weighted by molar-refractivity contribution is -0.110. The predicted molar refractivity (Wildman–Crippen MR) is 182 cm³/mol. The lowest BCUT2D eigenvalue weighted by Gasteiger charge is -2.04. The molecule has 0 aromatic heterocycles. The van der Waals surface area contributed by atoms with Gasteiger partial charge in [-0.1, -0.05) is 18.7 Å². The molecule has 0 amide bonds. The number of carbonyl (C=O) groups excluding carboxylic acids is 1. The highest BCUT2D eigenvalue weighted by molar-refractivity contribution is 8.23. The quantitative estimate of drug-likeness (QED) is 0.0793. The molecule has 0 aliphatic carbocycles. The van der Waals surface area contributed by atoms with Gasteiger partial charge in [0.1, 0.15) is 0 Å². The van der Waals surface area contributed by atoms with Crippen molar-refractivity contribution in [2.75, 3.05) is 90.2 Å². The van der Waals surface area contributed by atoms with E-state index in [0.29, 0.717) is 11.5 Å². The molecule has 14 heteroatoms. The summed E-state index contributed by atoms with van der Waals surface area (Å²) in [5, 5.41) is 13.2. The lowest BCUT2D eigenvalue weighted by atomic mass is 10.5. The van der Waals surface area contributed by atoms with Gasteiger partial charge in [-0.05, 0) is 18.6 Å². The summed E-state index contributed by atoms with van der Waals surface area (Å²) in [5.74, 6) is 9.64. The van der Waals surface area contributed by atoms with Gasteiger partial charge in [0.05, 0.1) is 6.61 Å². The minimum atomic E-state index is -0.721. The van der Waals surface area contributed by atoms with Crippen molar-refractivity contribution in [3.05, 3.63) is 0 Å². The Kier molecular flexibility index (Phi) is 33.7. The van der Waals surface area contributed by atoms with Crippen LogP contribution in [0.15, 0.2) is 0 Å². The Hall–Kier alpha value is 2.73. The molecule has 210 valence electrons. The third-order valence-electron chi connectivity index (χ3n) is 3.85. The third-order valence-corrected chi connectivity index (χ3v) is 16.8. The van der Waals surface area contributed by atoms with Crippen molar-refractivity contribution in [3.63, 3.8) is 0 Å². The molecular weight excluding hydrogens is 637 g/mol. The van der Waals surface area contributed by atoms with E-state index in [1.165, 1.54) is 11.8 Å². The average molecular weight is 679 g/mol. The maximum atomic E-state index is 12.0. The average Bonchev–Trinajstić information content (AvgIpc) is 2.84. The normalized spacial score (nSPS) is 13.2. The fourth-order valence-electron chi connectivity index (χ4n) is 2.21. The minimum absolute atomic E-state index is 0.199. The smallest absolute Gasteiger partial charge is 0.189 e. The van der Waals surface area contributed by atoms with E-state index in [2.05, 4.69) is 6.92 Å². The van der Waals surface area contributed by atoms with Crippen LogP contribution in [0.5, 0.6) is 0 Å². The van der Waals surface area contributed by atoms with E-state index in [4.69, 9.17) is 5.11 Å². The Morgan fingerprint density at radius 2 is 1.20 bits per heavy atom. The topological polar surface area (TPSA) is 71.4 Å². The van der Waals surface area contributed by atoms with Gasteiger partial charge in [0.2, 0.25) is 0 Å². The van der Waals surface area contributed by atoms with Gasteiger partial charge >= 0.3 is 0 Å². The predicted octanol–water partition coefficient (Wildman–Crippen LogP) is 5.89. The fraction of sp³-hybridized carbons (Fsp3) is 0.952. The van der Waals surface area contributed by atoms with Gasteiger partial charge in [0.15, 0.2) is 5.12 Å². The number of rotatable bonds is 28. The molecule has 0 saturated carbocycles. The molecule has 0 rings (SSSR count). The highest BCUT2D eigenvalue weighted by Crippen LogP contribution is 2.21. The van der Waals surface area contributed by atoms with E-state index in [0.717, 1.165) is 96.5 Å². The van der Waals surface area contributed by atoms with Gasteiger partial charge in [-0.25, -0.2) is 0 Å². The van der Waals surface area contributed by atoms with Gasteiger partial charge in [0, 0.05) is 106 Å². The molecular formula is C21H42O4S10. The Labute approximate surface area is 253 Å². The summed E-state index contributed by atoms with van der Waals surface area (Å²) >= 11 is 14.5. The summed E-state index contributed by atoms with van der Waals surface area (Å²) in [6.45, 7) is 2.27. The standard InChI is InChI=1S/C21H42O4S10/c1-2-13-34(24)16-12-30-20-32-19-29-9-10-33-21(23)4-7-28-18-31-17-27-6-3-14-35(25)15-11-26-8-5-22/h22H,2-20H2,1H3. The molecule has 0 saturated heterocycles. The first-order valence-electron chi connectivity index (χ1n) is 11.6. The third kappa shape index (κ3) is 31.1. The molecule has 1 N–H and O–H groups in total. The van der Waals surface area contributed by atoms with Gasteiger partial charge in [0.25, 0.3) is 0 Å². The summed E-state index contributed by atoms with van der Waals surface area (Å²) in [6.07, 6.45) is 2.65. The van der Waals surface area contributed by atoms with Gasteiger partial charge in [-0.3, -0.25) is 13.2 Å². The number of hydrogen-bond acceptors (Lipinski definition) is 12. The summed E-state index contributed by atoms with van der Waals surface area (Å²) in [5.41, 5.74) is 0. The van der Waals surface area contributed by atoms with Gasteiger partial charge in [-0.2, -0.15) is 58.8 Å². The van der Waals surface area contributed by atoms with Gasteiger partial charge in [-0.15, -0.1) is 23.5 Å². The van der Waals surface area contributed by atoms with Gasteiger partial charge < -0.3 is 5.11 Å². The second-order valence-corrected chi connectivity index (χ2v) is 20.5. The van der Waals surface area contributed by atoms with Crippen molar-refractivity contribution in [3.8, 4) is 0 Å². The summed E-state index contributed by atoms with van der Waals surface area (Å²) in [7, 11) is -1.35. The zero-order valence-electron chi connectivity index (χ0n) is 20.7. The fourth-order valence-corrected chi connectivity index (χ4v) is 14.1. The first-order chi connectivity index (χ1) is 17.1. The number of aliphatic hydroxyl groups is 1. The van der Waals surface area contributed by atoms with Crippen LogP contribution < -0.4 is 0 Å². The van der Waals surface area contributed by atoms with Crippen LogP contribution in [0.2, 0.25) is 0 Å². The molecule has 0 aliphatic heterocycles. The Morgan fingerprint density at radius 1 is 0.629 bits per heavy atom. The summed E-state index contributed by atoms with van der Waals surface area (Å²) in [6, 6.07) is 0. The lowest BCUT2D eigenvalue weighted by Crippen LogP contribution is -2.06. The Morgan fingerprint density at radius 3 is 1.86 bits per heavy atom. The van der Waals surface area contributed by atoms with E-state index in [-0.39, 0.29) is 6.61 Å². The molecule has 2 unspecified atom stereocenters. The van der Waals surface area contributed by atoms with Crippen LogP contribution in [0.4, 0.5) is 0 Å². The molecule has 0 bridgehead atoms. The molecule has 4 nitrogen and oxygen atoms in total. The van der Waals surface area contributed by atoms with E-state index >= 15 is 0 Å². The van der Waals surface area contributed by atoms with E-state index in [9.17, 15) is 13.2 Å². The first kappa shape index (κ1) is 37.7. The van der Waals surface area contributed by atoms with Crippen LogP contribution in [0.25, 0.3) is 0 Å². The zero-order chi connectivity index (χ0) is 25.8. The van der Waals surface area contributed by atoms with E-state index in [1.807, 2.05) is 70.6 Å². The monoisotopic (exact) mass is 678 g/mol. The van der Waals surface area contributed by atoms with Crippen molar-refractivity contribution in [2.45, 2.75) is 26.2 Å². The van der Waals surface area contributed by atoms with Crippen molar-refractivity contribution >= 4 is 121 Å². The maximum absolute atomic E-state index is 12.0. The molecule has 0 aromatic rings. The van der Waals surface area contributed by atoms with Crippen molar-refractivity contribution < 1.29 is 18.3 Å². The second-order valence-electron chi connectivity index (χ2n) is 6.87. The highest BCUT2D eigenvalue weighted by atomic mass is 32.2. The Balaban J connectivity index is 3.26. The maximum Gasteiger partial charge on any atom is 0.189 e. The molecule has 0 fully saturated rings. The van der Waals surface area contributed by atoms with Crippen LogP contribution in [-0.4, -0.2) is 109 Å². The molecule has 0 aliphatic rings. The van der Waals surface area contributed by atoms with Crippen LogP contribution in [0, 0.1) is 0 Å². The summed E-state index contributed by atoms with van der Waals surface area (Å²) in [4.78, 5) is 12.0. The van der Waals surface area contributed by atoms with Crippen LogP contribution >= 0.6 is 94.1 Å². The molecule has 2 atom stereocenters. The number of hydrogen-bond donors (Lipinski definition) is 1. The summed E-state index contributed by atoms with van der Waals surface area (Å²) < 4.78 is 23.4. The van der Waals surface area contributed by atoms with Crippen molar-refractivity contribution in [2.24, 2.45) is 0 Å². The van der Waals surface area contributed by atoms with Crippen LogP contribution in [0.3, 0.4) is 0 Å². The van der Waals surface area contributed by atoms with Crippen molar-refractivity contribution in [1.82, 2.24) is 0 Å². The molecule has 0 spiro atoms. The molecule has 0 heterocycles. The highest BCUT2D eigenvalue weighted by Gasteiger charge is 2.04. The van der Waals surface area contributed by atoms with Crippen LogP contribution in [0.1, 0.15) is 26.2 Å². The largest absolute Gasteiger partial charge is 0.396 e. The number of aliphatic hydroxyl groups excluding tert-OH is 1. The molecule has 0 aromatic carbocycles. The number of carbonyl (C=O) groups is 1. The first-order valence-corrected chi connectivity index (χ1v) is 23.6.